The number of nitrogens with zero attached hydrogens (tertiary/aromatic N) is 4. The second-order valence-corrected chi connectivity index (χ2v) is 5.42. The number of rotatable bonds is 3. The molecule has 0 aliphatic rings. The summed E-state index contributed by atoms with van der Waals surface area (Å²) in [6.45, 7) is 3.84. The van der Waals surface area contributed by atoms with E-state index in [1.165, 1.54) is 0 Å². The summed E-state index contributed by atoms with van der Waals surface area (Å²) in [5.41, 5.74) is 1.99. The summed E-state index contributed by atoms with van der Waals surface area (Å²) in [5.74, 6) is -0.282. The second-order valence-electron chi connectivity index (χ2n) is 3.86. The standard InChI is InChI=1S/C10H12ClN5OS/c1-5(7-4-12-16(3)6(7)2)13-8(17)9-14-15-10(11)18-9/h4-5H,1-3H3,(H,13,17). The minimum Gasteiger partial charge on any atom is -0.343 e. The highest BCUT2D eigenvalue weighted by molar-refractivity contribution is 7.17. The van der Waals surface area contributed by atoms with Crippen molar-refractivity contribution in [1.29, 1.82) is 0 Å². The van der Waals surface area contributed by atoms with Crippen LogP contribution in [-0.4, -0.2) is 25.9 Å². The van der Waals surface area contributed by atoms with E-state index in [0.29, 0.717) is 0 Å². The summed E-state index contributed by atoms with van der Waals surface area (Å²) < 4.78 is 2.02. The van der Waals surface area contributed by atoms with Crippen LogP contribution in [0.5, 0.6) is 0 Å². The smallest absolute Gasteiger partial charge is 0.282 e. The fraction of sp³-hybridized carbons (Fsp3) is 0.400. The number of carbonyl (C=O) groups is 1. The summed E-state index contributed by atoms with van der Waals surface area (Å²) in [7, 11) is 1.86. The van der Waals surface area contributed by atoms with Gasteiger partial charge < -0.3 is 5.32 Å². The van der Waals surface area contributed by atoms with E-state index in [1.807, 2.05) is 20.9 Å². The maximum atomic E-state index is 11.9. The van der Waals surface area contributed by atoms with Gasteiger partial charge in [-0.05, 0) is 25.4 Å². The molecule has 2 rings (SSSR count). The van der Waals surface area contributed by atoms with Crippen LogP contribution in [0.2, 0.25) is 4.47 Å². The number of nitrogens with one attached hydrogen (secondary N) is 1. The predicted molar refractivity (Wildman–Crippen MR) is 68.7 cm³/mol. The largest absolute Gasteiger partial charge is 0.343 e. The normalized spacial score (nSPS) is 12.4. The number of carbonyl (C=O) groups excluding carboxylic acids is 1. The minimum absolute atomic E-state index is 0.145. The summed E-state index contributed by atoms with van der Waals surface area (Å²) in [4.78, 5) is 11.9. The molecule has 0 saturated heterocycles. The van der Waals surface area contributed by atoms with Gasteiger partial charge in [0, 0.05) is 18.3 Å². The van der Waals surface area contributed by atoms with E-state index in [2.05, 4.69) is 20.6 Å². The van der Waals surface area contributed by atoms with Crippen LogP contribution in [0.1, 0.15) is 34.0 Å². The Labute approximate surface area is 113 Å². The van der Waals surface area contributed by atoms with Crippen molar-refractivity contribution >= 4 is 28.8 Å². The van der Waals surface area contributed by atoms with Gasteiger partial charge in [0.15, 0.2) is 0 Å². The van der Waals surface area contributed by atoms with Crippen LogP contribution < -0.4 is 5.32 Å². The third kappa shape index (κ3) is 2.51. The number of aryl methyl sites for hydroxylation is 1. The molecule has 0 aliphatic carbocycles. The van der Waals surface area contributed by atoms with Crippen LogP contribution >= 0.6 is 22.9 Å². The van der Waals surface area contributed by atoms with Gasteiger partial charge in [0.25, 0.3) is 5.91 Å². The van der Waals surface area contributed by atoms with E-state index in [0.717, 1.165) is 22.6 Å². The molecular formula is C10H12ClN5OS. The fourth-order valence-electron chi connectivity index (χ4n) is 1.57. The van der Waals surface area contributed by atoms with Crippen LogP contribution in [0.25, 0.3) is 0 Å². The van der Waals surface area contributed by atoms with Gasteiger partial charge in [-0.3, -0.25) is 9.48 Å². The zero-order valence-corrected chi connectivity index (χ0v) is 11.7. The van der Waals surface area contributed by atoms with Crippen molar-refractivity contribution in [3.63, 3.8) is 0 Å². The number of amides is 1. The van der Waals surface area contributed by atoms with Gasteiger partial charge in [-0.15, -0.1) is 10.2 Å². The van der Waals surface area contributed by atoms with E-state index in [4.69, 9.17) is 11.6 Å². The van der Waals surface area contributed by atoms with Crippen molar-refractivity contribution in [3.05, 3.63) is 26.9 Å². The molecule has 0 fully saturated rings. The Morgan fingerprint density at radius 1 is 1.56 bits per heavy atom. The molecule has 1 amide bonds. The van der Waals surface area contributed by atoms with Crippen molar-refractivity contribution in [3.8, 4) is 0 Å². The van der Waals surface area contributed by atoms with Gasteiger partial charge >= 0.3 is 0 Å². The monoisotopic (exact) mass is 285 g/mol. The van der Waals surface area contributed by atoms with Gasteiger partial charge in [0.1, 0.15) is 0 Å². The lowest BCUT2D eigenvalue weighted by molar-refractivity contribution is 0.0938. The molecule has 2 heterocycles. The van der Waals surface area contributed by atoms with Gasteiger partial charge in [-0.1, -0.05) is 11.3 Å². The molecule has 0 spiro atoms. The van der Waals surface area contributed by atoms with Crippen molar-refractivity contribution in [2.45, 2.75) is 19.9 Å². The van der Waals surface area contributed by atoms with E-state index in [1.54, 1.807) is 10.9 Å². The highest BCUT2D eigenvalue weighted by Crippen LogP contribution is 2.18. The zero-order chi connectivity index (χ0) is 13.3. The number of hydrogen-bond acceptors (Lipinski definition) is 5. The molecule has 1 N–H and O–H groups in total. The highest BCUT2D eigenvalue weighted by atomic mass is 35.5. The number of halogens is 1. The molecule has 0 bridgehead atoms. The molecule has 0 aliphatic heterocycles. The van der Waals surface area contributed by atoms with Crippen molar-refractivity contribution in [2.75, 3.05) is 0 Å². The van der Waals surface area contributed by atoms with Crippen molar-refractivity contribution in [1.82, 2.24) is 25.3 Å². The lowest BCUT2D eigenvalue weighted by Crippen LogP contribution is -2.26. The van der Waals surface area contributed by atoms with Gasteiger partial charge in [-0.25, -0.2) is 0 Å². The van der Waals surface area contributed by atoms with E-state index in [9.17, 15) is 4.79 Å². The SMILES string of the molecule is Cc1c(C(C)NC(=O)c2nnc(Cl)s2)cnn1C. The first kappa shape index (κ1) is 13.0. The molecule has 1 atom stereocenters. The average Bonchev–Trinajstić information content (AvgIpc) is 2.87. The second kappa shape index (κ2) is 5.03. The highest BCUT2D eigenvalue weighted by Gasteiger charge is 2.18. The number of hydrogen-bond donors (Lipinski definition) is 1. The molecule has 1 unspecified atom stereocenters. The first-order valence-corrected chi connectivity index (χ1v) is 6.47. The lowest BCUT2D eigenvalue weighted by atomic mass is 10.1. The van der Waals surface area contributed by atoms with Crippen LogP contribution in [0.4, 0.5) is 0 Å². The van der Waals surface area contributed by atoms with E-state index in [-0.39, 0.29) is 21.4 Å². The average molecular weight is 286 g/mol. The third-order valence-electron chi connectivity index (χ3n) is 2.68. The van der Waals surface area contributed by atoms with Gasteiger partial charge in [0.05, 0.1) is 12.2 Å². The maximum Gasteiger partial charge on any atom is 0.282 e. The van der Waals surface area contributed by atoms with Crippen LogP contribution in [0, 0.1) is 6.92 Å². The fourth-order valence-corrected chi connectivity index (χ4v) is 2.31. The first-order chi connectivity index (χ1) is 8.49. The molecule has 6 nitrogen and oxygen atoms in total. The zero-order valence-electron chi connectivity index (χ0n) is 10.1. The molecule has 2 aromatic heterocycles. The van der Waals surface area contributed by atoms with E-state index < -0.39 is 0 Å². The molecule has 0 saturated carbocycles. The molecule has 96 valence electrons. The molecular weight excluding hydrogens is 274 g/mol. The summed E-state index contributed by atoms with van der Waals surface area (Å²) in [6, 6.07) is -0.145. The Balaban J connectivity index is 2.10. The topological polar surface area (TPSA) is 72.7 Å². The summed E-state index contributed by atoms with van der Waals surface area (Å²) in [6.07, 6.45) is 1.74. The van der Waals surface area contributed by atoms with E-state index >= 15 is 0 Å². The predicted octanol–water partition coefficient (Wildman–Crippen LogP) is 1.72. The Hall–Kier alpha value is -1.47. The molecule has 0 radical (unpaired) electrons. The Morgan fingerprint density at radius 2 is 2.28 bits per heavy atom. The summed E-state index contributed by atoms with van der Waals surface area (Å²) in [5, 5.41) is 14.5. The minimum atomic E-state index is -0.282. The Bertz CT molecular complexity index is 579. The van der Waals surface area contributed by atoms with Gasteiger partial charge in [0.2, 0.25) is 9.47 Å². The Morgan fingerprint density at radius 3 is 2.78 bits per heavy atom. The quantitative estimate of drug-likeness (QED) is 0.932. The van der Waals surface area contributed by atoms with Crippen molar-refractivity contribution < 1.29 is 4.79 Å². The van der Waals surface area contributed by atoms with Gasteiger partial charge in [-0.2, -0.15) is 5.10 Å². The van der Waals surface area contributed by atoms with Crippen molar-refractivity contribution in [2.24, 2.45) is 7.05 Å². The lowest BCUT2D eigenvalue weighted by Gasteiger charge is -2.12. The third-order valence-corrected chi connectivity index (χ3v) is 3.70. The number of aromatic nitrogens is 4. The van der Waals surface area contributed by atoms with Crippen LogP contribution in [0.3, 0.4) is 0 Å². The summed E-state index contributed by atoms with van der Waals surface area (Å²) >= 11 is 6.69. The molecule has 18 heavy (non-hydrogen) atoms. The van der Waals surface area contributed by atoms with Crippen LogP contribution in [-0.2, 0) is 7.05 Å². The molecule has 2 aromatic rings. The first-order valence-electron chi connectivity index (χ1n) is 5.27. The van der Waals surface area contributed by atoms with Crippen LogP contribution in [0.15, 0.2) is 6.20 Å². The Kier molecular flexibility index (Phi) is 3.63. The molecule has 8 heteroatoms. The molecule has 0 aromatic carbocycles. The maximum absolute atomic E-state index is 11.9.